The van der Waals surface area contributed by atoms with E-state index in [9.17, 15) is 21.6 Å². The standard InChI is InChI=1S/C12H16O5S2/c1-10-5-3-4-6-11(10)12(13)9-19(16,17)8-7-18(2,14)15/h3-6H,7-9H2,1-2H3. The highest BCUT2D eigenvalue weighted by atomic mass is 32.2. The van der Waals surface area contributed by atoms with Crippen LogP contribution in [0.25, 0.3) is 0 Å². The van der Waals surface area contributed by atoms with Gasteiger partial charge in [0.1, 0.15) is 15.6 Å². The van der Waals surface area contributed by atoms with Crippen molar-refractivity contribution < 1.29 is 21.6 Å². The molecule has 0 aliphatic carbocycles. The zero-order chi connectivity index (χ0) is 14.7. The summed E-state index contributed by atoms with van der Waals surface area (Å²) in [5, 5.41) is 0. The lowest BCUT2D eigenvalue weighted by Crippen LogP contribution is -2.23. The fourth-order valence-corrected chi connectivity index (χ4v) is 4.44. The van der Waals surface area contributed by atoms with Crippen molar-refractivity contribution in [3.8, 4) is 0 Å². The van der Waals surface area contributed by atoms with E-state index in [0.717, 1.165) is 6.26 Å². The Hall–Kier alpha value is -1.21. The summed E-state index contributed by atoms with van der Waals surface area (Å²) >= 11 is 0. The van der Waals surface area contributed by atoms with E-state index in [1.165, 1.54) is 0 Å². The van der Waals surface area contributed by atoms with Crippen LogP contribution in [0, 0.1) is 6.92 Å². The molecule has 0 spiro atoms. The van der Waals surface area contributed by atoms with Gasteiger partial charge in [-0.15, -0.1) is 0 Å². The van der Waals surface area contributed by atoms with Crippen LogP contribution < -0.4 is 0 Å². The average Bonchev–Trinajstić information content (AvgIpc) is 2.25. The minimum absolute atomic E-state index is 0.352. The average molecular weight is 304 g/mol. The monoisotopic (exact) mass is 304 g/mol. The Morgan fingerprint density at radius 3 is 2.16 bits per heavy atom. The molecule has 19 heavy (non-hydrogen) atoms. The maximum atomic E-state index is 11.9. The van der Waals surface area contributed by atoms with E-state index >= 15 is 0 Å². The molecule has 0 radical (unpaired) electrons. The molecule has 0 fully saturated rings. The molecule has 1 aromatic carbocycles. The molecule has 1 rings (SSSR count). The summed E-state index contributed by atoms with van der Waals surface area (Å²) in [6, 6.07) is 6.69. The summed E-state index contributed by atoms with van der Waals surface area (Å²) in [6.07, 6.45) is 0.964. The van der Waals surface area contributed by atoms with Gasteiger partial charge in [-0.2, -0.15) is 0 Å². The lowest BCUT2D eigenvalue weighted by Gasteiger charge is -2.05. The van der Waals surface area contributed by atoms with Crippen molar-refractivity contribution in [1.29, 1.82) is 0 Å². The Kier molecular flexibility index (Phi) is 4.86. The van der Waals surface area contributed by atoms with Gasteiger partial charge in [0.25, 0.3) is 0 Å². The number of sulfone groups is 2. The van der Waals surface area contributed by atoms with Crippen LogP contribution in [0.1, 0.15) is 15.9 Å². The highest BCUT2D eigenvalue weighted by Crippen LogP contribution is 2.09. The van der Waals surface area contributed by atoms with Gasteiger partial charge in [0, 0.05) is 11.8 Å². The minimum atomic E-state index is -3.71. The normalized spacial score (nSPS) is 12.3. The van der Waals surface area contributed by atoms with E-state index in [1.54, 1.807) is 31.2 Å². The maximum Gasteiger partial charge on any atom is 0.178 e. The van der Waals surface area contributed by atoms with Gasteiger partial charge in [-0.25, -0.2) is 16.8 Å². The van der Waals surface area contributed by atoms with Gasteiger partial charge in [-0.3, -0.25) is 4.79 Å². The summed E-state index contributed by atoms with van der Waals surface area (Å²) in [5.41, 5.74) is 1.05. The van der Waals surface area contributed by atoms with E-state index in [-0.39, 0.29) is 0 Å². The fraction of sp³-hybridized carbons (Fsp3) is 0.417. The van der Waals surface area contributed by atoms with Crippen LogP contribution in [0.4, 0.5) is 0 Å². The zero-order valence-electron chi connectivity index (χ0n) is 10.8. The number of Topliss-reactive ketones (excluding diaryl/α,β-unsaturated/α-hetero) is 1. The summed E-state index contributed by atoms with van der Waals surface area (Å²) < 4.78 is 45.3. The third kappa shape index (κ3) is 5.52. The molecule has 0 N–H and O–H groups in total. The molecule has 106 valence electrons. The first-order valence-electron chi connectivity index (χ1n) is 5.58. The van der Waals surface area contributed by atoms with E-state index in [0.29, 0.717) is 11.1 Å². The number of hydrogen-bond acceptors (Lipinski definition) is 5. The molecule has 1 aromatic rings. The van der Waals surface area contributed by atoms with E-state index in [2.05, 4.69) is 0 Å². The van der Waals surface area contributed by atoms with Crippen LogP contribution in [0.15, 0.2) is 24.3 Å². The molecule has 0 aliphatic heterocycles. The first-order chi connectivity index (χ1) is 8.61. The van der Waals surface area contributed by atoms with Crippen LogP contribution in [-0.2, 0) is 19.7 Å². The zero-order valence-corrected chi connectivity index (χ0v) is 12.4. The van der Waals surface area contributed by atoms with Crippen molar-refractivity contribution in [3.05, 3.63) is 35.4 Å². The quantitative estimate of drug-likeness (QED) is 0.720. The number of rotatable bonds is 6. The van der Waals surface area contributed by atoms with Crippen molar-refractivity contribution in [2.75, 3.05) is 23.5 Å². The lowest BCUT2D eigenvalue weighted by atomic mass is 10.1. The van der Waals surface area contributed by atoms with Gasteiger partial charge in [-0.1, -0.05) is 24.3 Å². The number of aryl methyl sites for hydroxylation is 1. The van der Waals surface area contributed by atoms with Gasteiger partial charge in [0.05, 0.1) is 11.5 Å². The Morgan fingerprint density at radius 1 is 1.05 bits per heavy atom. The third-order valence-corrected chi connectivity index (χ3v) is 5.29. The van der Waals surface area contributed by atoms with Crippen LogP contribution in [0.2, 0.25) is 0 Å². The van der Waals surface area contributed by atoms with E-state index in [4.69, 9.17) is 0 Å². The Bertz CT molecular complexity index is 672. The summed E-state index contributed by atoms with van der Waals surface area (Å²) in [7, 11) is -7.06. The molecule has 5 nitrogen and oxygen atoms in total. The Balaban J connectivity index is 2.80. The molecule has 0 aliphatic rings. The number of benzene rings is 1. The third-order valence-electron chi connectivity index (χ3n) is 2.56. The first-order valence-corrected chi connectivity index (χ1v) is 9.46. The van der Waals surface area contributed by atoms with Gasteiger partial charge in [-0.05, 0) is 12.5 Å². The van der Waals surface area contributed by atoms with Crippen molar-refractivity contribution in [3.63, 3.8) is 0 Å². The molecule has 0 bridgehead atoms. The predicted octanol–water partition coefficient (Wildman–Crippen LogP) is 0.637. The van der Waals surface area contributed by atoms with Gasteiger partial charge in [0.15, 0.2) is 15.6 Å². The number of carbonyl (C=O) groups is 1. The second-order valence-electron chi connectivity index (χ2n) is 4.46. The Labute approximate surface area is 113 Å². The van der Waals surface area contributed by atoms with Crippen molar-refractivity contribution in [1.82, 2.24) is 0 Å². The van der Waals surface area contributed by atoms with Gasteiger partial charge >= 0.3 is 0 Å². The van der Waals surface area contributed by atoms with E-state index in [1.807, 2.05) is 0 Å². The minimum Gasteiger partial charge on any atom is -0.293 e. The highest BCUT2D eigenvalue weighted by molar-refractivity contribution is 7.95. The fourth-order valence-electron chi connectivity index (χ4n) is 1.51. The van der Waals surface area contributed by atoms with Crippen LogP contribution in [0.5, 0.6) is 0 Å². The summed E-state index contributed by atoms with van der Waals surface area (Å²) in [6.45, 7) is 1.72. The van der Waals surface area contributed by atoms with Crippen LogP contribution in [0.3, 0.4) is 0 Å². The number of hydrogen-bond donors (Lipinski definition) is 0. The largest absolute Gasteiger partial charge is 0.293 e. The second-order valence-corrected chi connectivity index (χ2v) is 8.90. The summed E-state index contributed by atoms with van der Waals surface area (Å²) in [5.74, 6) is -2.15. The second kappa shape index (κ2) is 5.83. The van der Waals surface area contributed by atoms with Gasteiger partial charge in [0.2, 0.25) is 0 Å². The topological polar surface area (TPSA) is 85.3 Å². The molecule has 0 heterocycles. The lowest BCUT2D eigenvalue weighted by molar-refractivity contribution is 0.102. The van der Waals surface area contributed by atoms with Crippen LogP contribution >= 0.6 is 0 Å². The Morgan fingerprint density at radius 2 is 1.63 bits per heavy atom. The van der Waals surface area contributed by atoms with Crippen molar-refractivity contribution >= 4 is 25.5 Å². The van der Waals surface area contributed by atoms with Crippen LogP contribution in [-0.4, -0.2) is 46.1 Å². The first kappa shape index (κ1) is 15.8. The SMILES string of the molecule is Cc1ccccc1C(=O)CS(=O)(=O)CCS(C)(=O)=O. The molecule has 0 amide bonds. The molecule has 0 aromatic heterocycles. The number of carbonyl (C=O) groups excluding carboxylic acids is 1. The maximum absolute atomic E-state index is 11.9. The molecule has 7 heteroatoms. The molecule has 0 saturated heterocycles. The molecule has 0 atom stereocenters. The molecule has 0 saturated carbocycles. The van der Waals surface area contributed by atoms with Gasteiger partial charge < -0.3 is 0 Å². The molecular formula is C12H16O5S2. The summed E-state index contributed by atoms with van der Waals surface area (Å²) in [4.78, 5) is 11.9. The van der Waals surface area contributed by atoms with Crippen molar-refractivity contribution in [2.24, 2.45) is 0 Å². The van der Waals surface area contributed by atoms with Crippen molar-refractivity contribution in [2.45, 2.75) is 6.92 Å². The predicted molar refractivity (Wildman–Crippen MR) is 73.9 cm³/mol. The number of ketones is 1. The molecule has 0 unspecified atom stereocenters. The van der Waals surface area contributed by atoms with E-state index < -0.39 is 42.7 Å². The highest BCUT2D eigenvalue weighted by Gasteiger charge is 2.20. The smallest absolute Gasteiger partial charge is 0.178 e. The molecular weight excluding hydrogens is 288 g/mol.